The van der Waals surface area contributed by atoms with Crippen LogP contribution in [0.4, 0.5) is 0 Å². The number of amides is 1. The summed E-state index contributed by atoms with van der Waals surface area (Å²) in [5.41, 5.74) is 2.12. The van der Waals surface area contributed by atoms with E-state index in [9.17, 15) is 14.7 Å². The van der Waals surface area contributed by atoms with E-state index in [-0.39, 0.29) is 17.9 Å². The lowest BCUT2D eigenvalue weighted by molar-refractivity contribution is -0.140. The minimum Gasteiger partial charge on any atom is -0.507 e. The molecule has 35 heavy (non-hydrogen) atoms. The number of carbonyl (C=O) groups is 2. The molecule has 3 aromatic rings. The number of rotatable bonds is 9. The first kappa shape index (κ1) is 24.1. The number of aliphatic hydroxyl groups excluding tert-OH is 1. The Morgan fingerprint density at radius 1 is 0.914 bits per heavy atom. The van der Waals surface area contributed by atoms with E-state index in [1.165, 1.54) is 4.90 Å². The minimum atomic E-state index is -0.734. The molecule has 0 aliphatic carbocycles. The van der Waals surface area contributed by atoms with Gasteiger partial charge in [-0.3, -0.25) is 9.59 Å². The van der Waals surface area contributed by atoms with Crippen LogP contribution in [0.2, 0.25) is 0 Å². The average Bonchev–Trinajstić information content (AvgIpc) is 3.14. The summed E-state index contributed by atoms with van der Waals surface area (Å²) in [6.07, 6.45) is 2.00. The second-order valence-electron chi connectivity index (χ2n) is 8.41. The van der Waals surface area contributed by atoms with Crippen LogP contribution in [-0.2, 0) is 16.1 Å². The van der Waals surface area contributed by atoms with Crippen molar-refractivity contribution in [1.82, 2.24) is 4.90 Å². The fraction of sp³-hybridized carbons (Fsp3) is 0.241. The van der Waals surface area contributed by atoms with Crippen molar-refractivity contribution in [2.24, 2.45) is 0 Å². The van der Waals surface area contributed by atoms with Crippen LogP contribution >= 0.6 is 0 Å². The second-order valence-corrected chi connectivity index (χ2v) is 8.41. The number of nitrogens with zero attached hydrogens (tertiary/aromatic N) is 1. The monoisotopic (exact) mass is 471 g/mol. The molecular weight excluding hydrogens is 442 g/mol. The Hall–Kier alpha value is -4.06. The molecule has 1 N–H and O–H groups in total. The number of Topliss-reactive ketones (excluding diaryl/α,β-unsaturated/α-hetero) is 1. The number of ether oxygens (including phenoxy) is 2. The molecule has 4 rings (SSSR count). The fourth-order valence-corrected chi connectivity index (χ4v) is 4.15. The van der Waals surface area contributed by atoms with Gasteiger partial charge in [-0.15, -0.1) is 0 Å². The maximum atomic E-state index is 13.2. The van der Waals surface area contributed by atoms with Gasteiger partial charge in [0.15, 0.2) is 0 Å². The Morgan fingerprint density at radius 3 is 2.20 bits per heavy atom. The van der Waals surface area contributed by atoms with E-state index in [4.69, 9.17) is 9.47 Å². The van der Waals surface area contributed by atoms with E-state index in [1.807, 2.05) is 54.6 Å². The van der Waals surface area contributed by atoms with E-state index < -0.39 is 17.7 Å². The van der Waals surface area contributed by atoms with Crippen LogP contribution in [0, 0.1) is 0 Å². The molecule has 1 atom stereocenters. The molecular formula is C29H29NO5. The number of hydrogen-bond donors (Lipinski definition) is 1. The standard InChI is InChI=1S/C29H29NO5/c1-3-4-18-35-24-16-10-21(11-17-24)26-25(27(31)22-12-14-23(34-2)15-13-22)28(32)29(33)30(26)19-20-8-6-5-7-9-20/h5-17,26,31H,3-4,18-19H2,1-2H3. The van der Waals surface area contributed by atoms with Crippen LogP contribution in [0.15, 0.2) is 84.4 Å². The summed E-state index contributed by atoms with van der Waals surface area (Å²) < 4.78 is 11.0. The number of hydrogen-bond acceptors (Lipinski definition) is 5. The Bertz CT molecular complexity index is 1200. The third-order valence-electron chi connectivity index (χ3n) is 6.06. The molecule has 1 aliphatic rings. The second kappa shape index (κ2) is 10.9. The molecule has 1 heterocycles. The molecule has 0 aromatic heterocycles. The van der Waals surface area contributed by atoms with Crippen LogP contribution < -0.4 is 9.47 Å². The molecule has 1 saturated heterocycles. The molecule has 0 spiro atoms. The summed E-state index contributed by atoms with van der Waals surface area (Å²) in [5.74, 6) is -0.215. The van der Waals surface area contributed by atoms with E-state index in [0.717, 1.165) is 29.7 Å². The molecule has 1 fully saturated rings. The summed E-state index contributed by atoms with van der Waals surface area (Å²) in [4.78, 5) is 27.9. The zero-order chi connectivity index (χ0) is 24.8. The maximum absolute atomic E-state index is 13.2. The lowest BCUT2D eigenvalue weighted by Crippen LogP contribution is -2.29. The van der Waals surface area contributed by atoms with E-state index in [2.05, 4.69) is 6.92 Å². The Kier molecular flexibility index (Phi) is 7.51. The number of unbranched alkanes of at least 4 members (excludes halogenated alkanes) is 1. The Balaban J connectivity index is 1.76. The normalized spacial score (nSPS) is 17.0. The summed E-state index contributed by atoms with van der Waals surface area (Å²) in [6.45, 7) is 2.97. The van der Waals surface area contributed by atoms with E-state index in [0.29, 0.717) is 17.9 Å². The number of ketones is 1. The highest BCUT2D eigenvalue weighted by atomic mass is 16.5. The Labute approximate surface area is 205 Å². The Morgan fingerprint density at radius 2 is 1.57 bits per heavy atom. The number of benzene rings is 3. The smallest absolute Gasteiger partial charge is 0.295 e. The van der Waals surface area contributed by atoms with Crippen LogP contribution in [0.25, 0.3) is 5.76 Å². The van der Waals surface area contributed by atoms with Gasteiger partial charge in [0.2, 0.25) is 0 Å². The summed E-state index contributed by atoms with van der Waals surface area (Å²) in [5, 5.41) is 11.2. The molecule has 3 aromatic carbocycles. The molecule has 6 nitrogen and oxygen atoms in total. The molecule has 0 radical (unpaired) electrons. The van der Waals surface area contributed by atoms with Gasteiger partial charge in [0.1, 0.15) is 17.3 Å². The molecule has 0 bridgehead atoms. The van der Waals surface area contributed by atoms with Crippen LogP contribution in [0.3, 0.4) is 0 Å². The third-order valence-corrected chi connectivity index (χ3v) is 6.06. The third kappa shape index (κ3) is 5.22. The number of methoxy groups -OCH3 is 1. The number of aliphatic hydroxyl groups is 1. The summed E-state index contributed by atoms with van der Waals surface area (Å²) >= 11 is 0. The predicted molar refractivity (Wildman–Crippen MR) is 134 cm³/mol. The summed E-state index contributed by atoms with van der Waals surface area (Å²) in [7, 11) is 1.56. The van der Waals surface area contributed by atoms with Gasteiger partial charge in [-0.2, -0.15) is 0 Å². The fourth-order valence-electron chi connectivity index (χ4n) is 4.15. The lowest BCUT2D eigenvalue weighted by Gasteiger charge is -2.25. The van der Waals surface area contributed by atoms with Crippen molar-refractivity contribution in [2.45, 2.75) is 32.4 Å². The van der Waals surface area contributed by atoms with Crippen molar-refractivity contribution in [3.8, 4) is 11.5 Å². The molecule has 180 valence electrons. The van der Waals surface area contributed by atoms with Crippen molar-refractivity contribution >= 4 is 17.4 Å². The highest BCUT2D eigenvalue weighted by Gasteiger charge is 2.46. The first-order valence-electron chi connectivity index (χ1n) is 11.7. The SMILES string of the molecule is CCCCOc1ccc(C2C(=C(O)c3ccc(OC)cc3)C(=O)C(=O)N2Cc2ccccc2)cc1. The summed E-state index contributed by atoms with van der Waals surface area (Å²) in [6, 6.07) is 22.9. The van der Waals surface area contributed by atoms with Crippen molar-refractivity contribution in [3.05, 3.63) is 101 Å². The highest BCUT2D eigenvalue weighted by Crippen LogP contribution is 2.40. The number of carbonyl (C=O) groups excluding carboxylic acids is 2. The zero-order valence-electron chi connectivity index (χ0n) is 19.9. The number of likely N-dealkylation sites (tertiary alicyclic amines) is 1. The van der Waals surface area contributed by atoms with Crippen LogP contribution in [-0.4, -0.2) is 35.4 Å². The van der Waals surface area contributed by atoms with Crippen LogP contribution in [0.1, 0.15) is 42.5 Å². The van der Waals surface area contributed by atoms with Crippen molar-refractivity contribution < 1.29 is 24.2 Å². The van der Waals surface area contributed by atoms with Gasteiger partial charge in [-0.05, 0) is 53.9 Å². The largest absolute Gasteiger partial charge is 0.507 e. The van der Waals surface area contributed by atoms with E-state index in [1.54, 1.807) is 31.4 Å². The van der Waals surface area contributed by atoms with Gasteiger partial charge in [0.25, 0.3) is 11.7 Å². The topological polar surface area (TPSA) is 76.1 Å². The van der Waals surface area contributed by atoms with E-state index >= 15 is 0 Å². The molecule has 1 amide bonds. The molecule has 0 saturated carbocycles. The zero-order valence-corrected chi connectivity index (χ0v) is 19.9. The molecule has 1 aliphatic heterocycles. The van der Waals surface area contributed by atoms with Crippen LogP contribution in [0.5, 0.6) is 11.5 Å². The first-order valence-corrected chi connectivity index (χ1v) is 11.7. The quantitative estimate of drug-likeness (QED) is 0.193. The van der Waals surface area contributed by atoms with Gasteiger partial charge in [0.05, 0.1) is 25.3 Å². The molecule has 6 heteroatoms. The predicted octanol–water partition coefficient (Wildman–Crippen LogP) is 5.50. The molecule has 1 unspecified atom stereocenters. The lowest BCUT2D eigenvalue weighted by atomic mass is 9.95. The van der Waals surface area contributed by atoms with Crippen molar-refractivity contribution in [2.75, 3.05) is 13.7 Å². The van der Waals surface area contributed by atoms with Crippen molar-refractivity contribution in [1.29, 1.82) is 0 Å². The van der Waals surface area contributed by atoms with Gasteiger partial charge >= 0.3 is 0 Å². The van der Waals surface area contributed by atoms with Gasteiger partial charge in [-0.25, -0.2) is 0 Å². The minimum absolute atomic E-state index is 0.0655. The van der Waals surface area contributed by atoms with Gasteiger partial charge < -0.3 is 19.5 Å². The average molecular weight is 472 g/mol. The first-order chi connectivity index (χ1) is 17.0. The van der Waals surface area contributed by atoms with Crippen molar-refractivity contribution in [3.63, 3.8) is 0 Å². The highest BCUT2D eigenvalue weighted by molar-refractivity contribution is 6.46. The van der Waals surface area contributed by atoms with Gasteiger partial charge in [-0.1, -0.05) is 55.8 Å². The maximum Gasteiger partial charge on any atom is 0.295 e. The van der Waals surface area contributed by atoms with Gasteiger partial charge in [0, 0.05) is 12.1 Å².